The van der Waals surface area contributed by atoms with Gasteiger partial charge in [-0.1, -0.05) is 23.9 Å². The largest absolute Gasteiger partial charge is 0.497 e. The summed E-state index contributed by atoms with van der Waals surface area (Å²) < 4.78 is 10.5. The Kier molecular flexibility index (Phi) is 5.13. The van der Waals surface area contributed by atoms with E-state index in [2.05, 4.69) is 4.99 Å². The van der Waals surface area contributed by atoms with Crippen molar-refractivity contribution in [1.29, 1.82) is 0 Å². The maximum absolute atomic E-state index is 12.6. The lowest BCUT2D eigenvalue weighted by Crippen LogP contribution is -2.45. The number of thioether (sulfide) groups is 1. The molecule has 1 saturated heterocycles. The van der Waals surface area contributed by atoms with Gasteiger partial charge < -0.3 is 9.47 Å². The maximum Gasteiger partial charge on any atom is 0.338 e. The van der Waals surface area contributed by atoms with Gasteiger partial charge in [-0.15, -0.1) is 0 Å². The Hall–Kier alpha value is -2.28. The summed E-state index contributed by atoms with van der Waals surface area (Å²) in [6, 6.07) is 6.84. The number of fused-ring (bicyclic) bond motifs is 1. The summed E-state index contributed by atoms with van der Waals surface area (Å²) in [6.07, 6.45) is 0.416. The number of carbonyl (C=O) groups excluding carboxylic acids is 2. The van der Waals surface area contributed by atoms with Gasteiger partial charge in [-0.25, -0.2) is 9.79 Å². The van der Waals surface area contributed by atoms with Crippen LogP contribution in [-0.4, -0.2) is 41.4 Å². The smallest absolute Gasteiger partial charge is 0.338 e. The minimum Gasteiger partial charge on any atom is -0.497 e. The molecule has 25 heavy (non-hydrogen) atoms. The first-order valence-corrected chi connectivity index (χ1v) is 9.10. The van der Waals surface area contributed by atoms with E-state index in [1.807, 2.05) is 24.3 Å². The number of rotatable bonds is 4. The van der Waals surface area contributed by atoms with E-state index in [1.165, 1.54) is 11.8 Å². The number of amides is 1. The van der Waals surface area contributed by atoms with Crippen LogP contribution in [0, 0.1) is 0 Å². The number of carbonyl (C=O) groups is 2. The summed E-state index contributed by atoms with van der Waals surface area (Å²) >= 11 is 1.53. The van der Waals surface area contributed by atoms with Gasteiger partial charge in [0.05, 0.1) is 31.0 Å². The third-order valence-corrected chi connectivity index (χ3v) is 5.07. The van der Waals surface area contributed by atoms with Crippen molar-refractivity contribution in [1.82, 2.24) is 4.90 Å². The minimum absolute atomic E-state index is 0.0420. The van der Waals surface area contributed by atoms with Gasteiger partial charge in [-0.3, -0.25) is 9.69 Å². The standard InChI is InChI=1S/C18H20N2O4S/c1-4-24-17(22)15-11(2)19-18-20(14(21)8-9-25-18)16(15)12-6-5-7-13(10-12)23-3/h5-7,10,16H,4,8-9H2,1-3H3/t16-/m0/s1. The molecule has 0 unspecified atom stereocenters. The van der Waals surface area contributed by atoms with E-state index in [0.717, 1.165) is 5.56 Å². The fourth-order valence-corrected chi connectivity index (χ4v) is 4.00. The van der Waals surface area contributed by atoms with Gasteiger partial charge in [0.2, 0.25) is 5.91 Å². The predicted octanol–water partition coefficient (Wildman–Crippen LogP) is 2.91. The van der Waals surface area contributed by atoms with Crippen LogP contribution in [0.4, 0.5) is 0 Å². The average molecular weight is 360 g/mol. The second kappa shape index (κ2) is 7.31. The molecule has 132 valence electrons. The molecular weight excluding hydrogens is 340 g/mol. The predicted molar refractivity (Wildman–Crippen MR) is 96.4 cm³/mol. The SMILES string of the molecule is CCOC(=O)C1=C(C)N=C2SCCC(=O)N2[C@H]1c1cccc(OC)c1. The Morgan fingerprint density at radius 2 is 2.24 bits per heavy atom. The molecule has 7 heteroatoms. The van der Waals surface area contributed by atoms with Crippen LogP contribution in [0.5, 0.6) is 5.75 Å². The van der Waals surface area contributed by atoms with E-state index < -0.39 is 12.0 Å². The Balaban J connectivity index is 2.15. The number of benzene rings is 1. The van der Waals surface area contributed by atoms with Gasteiger partial charge in [-0.2, -0.15) is 0 Å². The quantitative estimate of drug-likeness (QED) is 0.772. The van der Waals surface area contributed by atoms with Crippen molar-refractivity contribution >= 4 is 28.8 Å². The molecule has 0 aromatic heterocycles. The summed E-state index contributed by atoms with van der Waals surface area (Å²) in [4.78, 5) is 31.3. The molecule has 6 nitrogen and oxygen atoms in total. The molecule has 0 bridgehead atoms. The highest BCUT2D eigenvalue weighted by Crippen LogP contribution is 2.40. The molecule has 1 fully saturated rings. The average Bonchev–Trinajstić information content (AvgIpc) is 2.61. The van der Waals surface area contributed by atoms with Gasteiger partial charge in [0.1, 0.15) is 5.75 Å². The summed E-state index contributed by atoms with van der Waals surface area (Å²) in [5.74, 6) is 0.874. The van der Waals surface area contributed by atoms with Crippen LogP contribution in [0.1, 0.15) is 31.9 Å². The first-order chi connectivity index (χ1) is 12.1. The molecule has 2 aliphatic heterocycles. The molecule has 2 aliphatic rings. The fraction of sp³-hybridized carbons (Fsp3) is 0.389. The number of esters is 1. The molecule has 2 heterocycles. The molecule has 3 rings (SSSR count). The van der Waals surface area contributed by atoms with Crippen molar-refractivity contribution in [2.24, 2.45) is 4.99 Å². The zero-order valence-electron chi connectivity index (χ0n) is 14.4. The summed E-state index contributed by atoms with van der Waals surface area (Å²) in [6.45, 7) is 3.80. The highest BCUT2D eigenvalue weighted by atomic mass is 32.2. The van der Waals surface area contributed by atoms with Crippen LogP contribution in [0.25, 0.3) is 0 Å². The number of nitrogens with zero attached hydrogens (tertiary/aromatic N) is 2. The lowest BCUT2D eigenvalue weighted by atomic mass is 9.94. The lowest BCUT2D eigenvalue weighted by Gasteiger charge is -2.38. The zero-order valence-corrected chi connectivity index (χ0v) is 15.3. The first kappa shape index (κ1) is 17.5. The zero-order chi connectivity index (χ0) is 18.0. The van der Waals surface area contributed by atoms with Crippen molar-refractivity contribution < 1.29 is 19.1 Å². The molecule has 0 spiro atoms. The number of methoxy groups -OCH3 is 1. The van der Waals surface area contributed by atoms with E-state index in [1.54, 1.807) is 25.9 Å². The van der Waals surface area contributed by atoms with Crippen LogP contribution < -0.4 is 4.74 Å². The monoisotopic (exact) mass is 360 g/mol. The molecule has 1 aromatic rings. The van der Waals surface area contributed by atoms with E-state index >= 15 is 0 Å². The van der Waals surface area contributed by atoms with Crippen molar-refractivity contribution in [2.75, 3.05) is 19.5 Å². The van der Waals surface area contributed by atoms with E-state index in [0.29, 0.717) is 34.4 Å². The third-order valence-electron chi connectivity index (χ3n) is 4.11. The number of hydrogen-bond acceptors (Lipinski definition) is 6. The maximum atomic E-state index is 12.6. The Labute approximate surface area is 150 Å². The highest BCUT2D eigenvalue weighted by Gasteiger charge is 2.41. The number of allylic oxidation sites excluding steroid dienone is 1. The molecule has 0 radical (unpaired) electrons. The number of amidine groups is 1. The summed E-state index contributed by atoms with van der Waals surface area (Å²) in [5, 5.41) is 0.634. The molecule has 1 atom stereocenters. The minimum atomic E-state index is -0.554. The Morgan fingerprint density at radius 3 is 2.96 bits per heavy atom. The van der Waals surface area contributed by atoms with E-state index in [9.17, 15) is 9.59 Å². The third kappa shape index (κ3) is 3.28. The Morgan fingerprint density at radius 1 is 1.44 bits per heavy atom. The highest BCUT2D eigenvalue weighted by molar-refractivity contribution is 8.14. The van der Waals surface area contributed by atoms with Gasteiger partial charge in [-0.05, 0) is 31.5 Å². The van der Waals surface area contributed by atoms with Crippen molar-refractivity contribution in [2.45, 2.75) is 26.3 Å². The van der Waals surface area contributed by atoms with Crippen LogP contribution in [-0.2, 0) is 14.3 Å². The second-order valence-corrected chi connectivity index (χ2v) is 6.72. The fourth-order valence-electron chi connectivity index (χ4n) is 2.99. The molecular formula is C18H20N2O4S. The van der Waals surface area contributed by atoms with Gasteiger partial charge >= 0.3 is 5.97 Å². The number of hydrogen-bond donors (Lipinski definition) is 0. The van der Waals surface area contributed by atoms with Crippen molar-refractivity contribution in [3.05, 3.63) is 41.1 Å². The van der Waals surface area contributed by atoms with E-state index in [4.69, 9.17) is 9.47 Å². The van der Waals surface area contributed by atoms with Crippen molar-refractivity contribution in [3.8, 4) is 5.75 Å². The molecule has 0 aliphatic carbocycles. The number of aliphatic imine (C=N–C) groups is 1. The van der Waals surface area contributed by atoms with Crippen molar-refractivity contribution in [3.63, 3.8) is 0 Å². The normalized spacial score (nSPS) is 20.1. The molecule has 0 saturated carbocycles. The van der Waals surface area contributed by atoms with Crippen LogP contribution in [0.15, 0.2) is 40.5 Å². The van der Waals surface area contributed by atoms with Crippen LogP contribution in [0.3, 0.4) is 0 Å². The summed E-state index contributed by atoms with van der Waals surface area (Å²) in [5.41, 5.74) is 1.78. The van der Waals surface area contributed by atoms with E-state index in [-0.39, 0.29) is 12.5 Å². The van der Waals surface area contributed by atoms with Crippen LogP contribution in [0.2, 0.25) is 0 Å². The number of ether oxygens (including phenoxy) is 2. The molecule has 1 amide bonds. The lowest BCUT2D eigenvalue weighted by molar-refractivity contribution is -0.139. The Bertz CT molecular complexity index is 772. The molecule has 0 N–H and O–H groups in total. The van der Waals surface area contributed by atoms with Crippen LogP contribution >= 0.6 is 11.8 Å². The van der Waals surface area contributed by atoms with Gasteiger partial charge in [0.15, 0.2) is 5.17 Å². The second-order valence-electron chi connectivity index (χ2n) is 5.66. The van der Waals surface area contributed by atoms with Gasteiger partial charge in [0, 0.05) is 12.2 Å². The topological polar surface area (TPSA) is 68.2 Å². The van der Waals surface area contributed by atoms with Gasteiger partial charge in [0.25, 0.3) is 0 Å². The summed E-state index contributed by atoms with van der Waals surface area (Å²) in [7, 11) is 1.59. The first-order valence-electron chi connectivity index (χ1n) is 8.12. The molecule has 1 aromatic carbocycles.